The highest BCUT2D eigenvalue weighted by molar-refractivity contribution is 7.89. The van der Waals surface area contributed by atoms with Gasteiger partial charge in [-0.15, -0.1) is 0 Å². The van der Waals surface area contributed by atoms with E-state index in [1.807, 2.05) is 25.3 Å². The number of aliphatic hydroxyl groups is 1. The maximum Gasteiger partial charge on any atom is 0.275 e. The van der Waals surface area contributed by atoms with E-state index in [1.165, 1.54) is 4.31 Å². The van der Waals surface area contributed by atoms with Crippen molar-refractivity contribution in [2.24, 2.45) is 5.92 Å². The Morgan fingerprint density at radius 1 is 1.16 bits per heavy atom. The molecule has 3 aromatic rings. The number of piperidine rings is 1. The molecule has 9 nitrogen and oxygen atoms in total. The molecule has 1 aromatic carbocycles. The molecule has 38 heavy (non-hydrogen) atoms. The Balaban J connectivity index is 1.82. The number of rotatable bonds is 11. The molecule has 208 valence electrons. The van der Waals surface area contributed by atoms with Gasteiger partial charge in [-0.1, -0.05) is 20.3 Å². The van der Waals surface area contributed by atoms with Crippen molar-refractivity contribution in [1.29, 1.82) is 0 Å². The zero-order chi connectivity index (χ0) is 27.4. The van der Waals surface area contributed by atoms with Gasteiger partial charge in [0.05, 0.1) is 22.6 Å². The van der Waals surface area contributed by atoms with E-state index in [2.05, 4.69) is 11.9 Å². The van der Waals surface area contributed by atoms with E-state index in [-0.39, 0.29) is 17.1 Å². The van der Waals surface area contributed by atoms with E-state index in [0.29, 0.717) is 66.8 Å². The van der Waals surface area contributed by atoms with Crippen molar-refractivity contribution >= 4 is 21.1 Å². The Morgan fingerprint density at radius 3 is 2.53 bits per heavy atom. The Labute approximate surface area is 224 Å². The highest BCUT2D eigenvalue weighted by atomic mass is 32.2. The average molecular weight is 545 g/mol. The summed E-state index contributed by atoms with van der Waals surface area (Å²) >= 11 is 0. The number of H-pyrrole nitrogens is 1. The van der Waals surface area contributed by atoms with Gasteiger partial charge in [0, 0.05) is 31.9 Å². The molecule has 4 rings (SSSR count). The minimum atomic E-state index is -3.75. The second-order valence-electron chi connectivity index (χ2n) is 10.0. The number of nitrogens with one attached hydrogen (secondary N) is 1. The van der Waals surface area contributed by atoms with Crippen LogP contribution < -0.4 is 10.3 Å². The van der Waals surface area contributed by atoms with Crippen molar-refractivity contribution in [2.45, 2.75) is 77.7 Å². The summed E-state index contributed by atoms with van der Waals surface area (Å²) in [5, 5.41) is 9.24. The number of aromatic amines is 1. The van der Waals surface area contributed by atoms with Crippen LogP contribution in [0.2, 0.25) is 0 Å². The number of aryl methyl sites for hydroxylation is 2. The Hall–Kier alpha value is -2.69. The summed E-state index contributed by atoms with van der Waals surface area (Å²) in [6.07, 6.45) is 4.65. The van der Waals surface area contributed by atoms with Crippen molar-refractivity contribution < 1.29 is 18.3 Å². The monoisotopic (exact) mass is 544 g/mol. The highest BCUT2D eigenvalue weighted by Crippen LogP contribution is 2.34. The minimum Gasteiger partial charge on any atom is -0.493 e. The predicted molar refractivity (Wildman–Crippen MR) is 149 cm³/mol. The lowest BCUT2D eigenvalue weighted by molar-refractivity contribution is 0.208. The van der Waals surface area contributed by atoms with Crippen LogP contribution in [0.1, 0.15) is 64.1 Å². The van der Waals surface area contributed by atoms with Crippen LogP contribution in [0.25, 0.3) is 22.4 Å². The number of aliphatic hydroxyl groups excluding tert-OH is 1. The average Bonchev–Trinajstić information content (AvgIpc) is 3.19. The number of nitrogens with zero attached hydrogens (tertiary/aromatic N) is 3. The quantitative estimate of drug-likeness (QED) is 0.373. The molecule has 3 heterocycles. The molecule has 1 aliphatic rings. The van der Waals surface area contributed by atoms with Gasteiger partial charge in [0.2, 0.25) is 10.0 Å². The Bertz CT molecular complexity index is 1440. The summed E-state index contributed by atoms with van der Waals surface area (Å²) in [6, 6.07) is 4.81. The van der Waals surface area contributed by atoms with Gasteiger partial charge < -0.3 is 19.4 Å². The topological polar surface area (TPSA) is 118 Å². The van der Waals surface area contributed by atoms with E-state index in [0.717, 1.165) is 43.4 Å². The largest absolute Gasteiger partial charge is 0.493 e. The van der Waals surface area contributed by atoms with Gasteiger partial charge in [-0.2, -0.15) is 4.31 Å². The van der Waals surface area contributed by atoms with Gasteiger partial charge in [-0.05, 0) is 75.6 Å². The molecule has 0 amide bonds. The Kier molecular flexibility index (Phi) is 8.95. The number of hydrogen-bond donors (Lipinski definition) is 2. The van der Waals surface area contributed by atoms with E-state index in [4.69, 9.17) is 9.72 Å². The third-order valence-electron chi connectivity index (χ3n) is 7.52. The molecule has 2 N–H and O–H groups in total. The first kappa shape index (κ1) is 28.3. The zero-order valence-corrected chi connectivity index (χ0v) is 23.7. The summed E-state index contributed by atoms with van der Waals surface area (Å²) in [4.78, 5) is 21.3. The minimum absolute atomic E-state index is 0.122. The third-order valence-corrected chi connectivity index (χ3v) is 9.42. The molecule has 2 aromatic heterocycles. The Morgan fingerprint density at radius 2 is 1.89 bits per heavy atom. The van der Waals surface area contributed by atoms with Crippen LogP contribution >= 0.6 is 0 Å². The van der Waals surface area contributed by atoms with Gasteiger partial charge in [0.15, 0.2) is 0 Å². The molecule has 0 radical (unpaired) electrons. The second-order valence-corrected chi connectivity index (χ2v) is 12.0. The maximum atomic E-state index is 13.6. The lowest BCUT2D eigenvalue weighted by Gasteiger charge is -2.31. The van der Waals surface area contributed by atoms with E-state index >= 15 is 0 Å². The summed E-state index contributed by atoms with van der Waals surface area (Å²) in [6.45, 7) is 10.2. The second kappa shape index (κ2) is 12.0. The molecule has 10 heteroatoms. The van der Waals surface area contributed by atoms with Gasteiger partial charge in [-0.3, -0.25) is 4.79 Å². The number of fused-ring (bicyclic) bond motifs is 1. The third kappa shape index (κ3) is 5.39. The van der Waals surface area contributed by atoms with E-state index in [1.54, 1.807) is 18.2 Å². The molecule has 0 spiro atoms. The van der Waals surface area contributed by atoms with Gasteiger partial charge in [0.1, 0.15) is 17.1 Å². The molecule has 0 aliphatic carbocycles. The molecule has 1 saturated heterocycles. The first-order chi connectivity index (χ1) is 18.3. The van der Waals surface area contributed by atoms with Crippen molar-refractivity contribution in [3.63, 3.8) is 0 Å². The summed E-state index contributed by atoms with van der Waals surface area (Å²) in [5.41, 5.74) is 3.48. The van der Waals surface area contributed by atoms with Crippen molar-refractivity contribution in [1.82, 2.24) is 18.8 Å². The van der Waals surface area contributed by atoms with Crippen LogP contribution in [-0.4, -0.2) is 58.7 Å². The molecule has 0 unspecified atom stereocenters. The van der Waals surface area contributed by atoms with Gasteiger partial charge in [0.25, 0.3) is 5.56 Å². The molecule has 1 aliphatic heterocycles. The SMILES string of the molecule is CCCOc1ccc(S(=O)(=O)N2CCC(CCO)CC2)cc1-c1nc2c(CCC)c(C)n(CC)c2c(=O)[nH]1. The van der Waals surface area contributed by atoms with E-state index in [9.17, 15) is 18.3 Å². The fraction of sp³-hybridized carbons (Fsp3) is 0.571. The highest BCUT2D eigenvalue weighted by Gasteiger charge is 2.30. The number of hydrogen-bond acceptors (Lipinski definition) is 6. The first-order valence-corrected chi connectivity index (χ1v) is 15.2. The zero-order valence-electron chi connectivity index (χ0n) is 22.9. The lowest BCUT2D eigenvalue weighted by atomic mass is 9.95. The number of sulfonamides is 1. The van der Waals surface area contributed by atoms with Crippen molar-refractivity contribution in [2.75, 3.05) is 26.3 Å². The van der Waals surface area contributed by atoms with Crippen LogP contribution in [0.5, 0.6) is 5.75 Å². The van der Waals surface area contributed by atoms with Crippen LogP contribution in [0.15, 0.2) is 27.9 Å². The van der Waals surface area contributed by atoms with Crippen molar-refractivity contribution in [3.8, 4) is 17.1 Å². The summed E-state index contributed by atoms with van der Waals surface area (Å²) < 4.78 is 36.7. The summed E-state index contributed by atoms with van der Waals surface area (Å²) in [7, 11) is -3.75. The number of aromatic nitrogens is 3. The van der Waals surface area contributed by atoms with Crippen LogP contribution in [0.3, 0.4) is 0 Å². The normalized spacial score (nSPS) is 15.4. The van der Waals surface area contributed by atoms with Crippen LogP contribution in [0, 0.1) is 12.8 Å². The molecular formula is C28H40N4O5S. The predicted octanol–water partition coefficient (Wildman–Crippen LogP) is 4.24. The van der Waals surface area contributed by atoms with E-state index < -0.39 is 10.0 Å². The molecule has 1 fully saturated rings. The fourth-order valence-corrected chi connectivity index (χ4v) is 6.96. The van der Waals surface area contributed by atoms with Crippen LogP contribution in [0.4, 0.5) is 0 Å². The molecule has 0 atom stereocenters. The number of ether oxygens (including phenoxy) is 1. The summed E-state index contributed by atoms with van der Waals surface area (Å²) in [5.74, 6) is 1.13. The smallest absolute Gasteiger partial charge is 0.275 e. The first-order valence-electron chi connectivity index (χ1n) is 13.8. The lowest BCUT2D eigenvalue weighted by Crippen LogP contribution is -2.38. The van der Waals surface area contributed by atoms with Crippen LogP contribution in [-0.2, 0) is 23.0 Å². The molecule has 0 bridgehead atoms. The molecular weight excluding hydrogens is 504 g/mol. The van der Waals surface area contributed by atoms with Crippen molar-refractivity contribution in [3.05, 3.63) is 39.8 Å². The maximum absolute atomic E-state index is 13.6. The van der Waals surface area contributed by atoms with Gasteiger partial charge >= 0.3 is 0 Å². The fourth-order valence-electron chi connectivity index (χ4n) is 5.46. The molecule has 0 saturated carbocycles. The number of benzene rings is 1. The van der Waals surface area contributed by atoms with Gasteiger partial charge in [-0.25, -0.2) is 13.4 Å². The standard InChI is InChI=1S/C28H40N4O5S/c1-5-8-22-19(4)32(7-3)26-25(22)29-27(30-28(26)34)23-18-21(9-10-24(23)37-17-6-2)38(35,36)31-14-11-20(12-15-31)13-16-33/h9-10,18,20,33H,5-8,11-17H2,1-4H3,(H,29,30,34).